The zero-order valence-electron chi connectivity index (χ0n) is 7.15. The fourth-order valence-electron chi connectivity index (χ4n) is 0.535. The second-order valence-electron chi connectivity index (χ2n) is 4.09. The van der Waals surface area contributed by atoms with Crippen LogP contribution in [0.2, 0.25) is 0 Å². The second-order valence-corrected chi connectivity index (χ2v) is 14.1. The molecule has 0 aliphatic carbocycles. The summed E-state index contributed by atoms with van der Waals surface area (Å²) in [4.78, 5) is 10.6. The summed E-state index contributed by atoms with van der Waals surface area (Å²) in [5, 5.41) is 0. The third kappa shape index (κ3) is 8.39. The molecule has 0 bridgehead atoms. The molecule has 3 heteroatoms. The van der Waals surface area contributed by atoms with Gasteiger partial charge in [-0.25, -0.2) is 0 Å². The van der Waals surface area contributed by atoms with E-state index in [0.717, 1.165) is 6.16 Å². The molecule has 0 aliphatic rings. The van der Waals surface area contributed by atoms with Gasteiger partial charge in [0.05, 0.1) is 0 Å². The van der Waals surface area contributed by atoms with Crippen LogP contribution in [0.4, 0.5) is 0 Å². The van der Waals surface area contributed by atoms with Crippen molar-refractivity contribution in [2.75, 3.05) is 26.2 Å². The molecule has 0 amide bonds. The van der Waals surface area contributed by atoms with Gasteiger partial charge < -0.3 is 0 Å². The van der Waals surface area contributed by atoms with Crippen LogP contribution in [-0.4, -0.2) is 31.9 Å². The van der Waals surface area contributed by atoms with Crippen molar-refractivity contribution in [3.63, 3.8) is 0 Å². The van der Waals surface area contributed by atoms with Gasteiger partial charge in [0.15, 0.2) is 0 Å². The predicted molar refractivity (Wildman–Crippen MR) is 50.7 cm³/mol. The van der Waals surface area contributed by atoms with Crippen molar-refractivity contribution < 1.29 is 4.79 Å². The zero-order chi connectivity index (χ0) is 8.44. The Kier molecular flexibility index (Phi) is 2.90. The monoisotopic (exact) mass is 182 g/mol. The van der Waals surface area contributed by atoms with Crippen molar-refractivity contribution in [2.45, 2.75) is 13.3 Å². The number of rotatable bonds is 3. The van der Waals surface area contributed by atoms with Gasteiger partial charge in [0, 0.05) is 0 Å². The topological polar surface area (TPSA) is 17.1 Å². The molecule has 1 nitrogen and oxygen atoms in total. The van der Waals surface area contributed by atoms with Gasteiger partial charge in [0.2, 0.25) is 0 Å². The summed E-state index contributed by atoms with van der Waals surface area (Å²) >= 11 is 6.21. The number of hydrogen-bond acceptors (Lipinski definition) is 1. The number of hydrogen-bond donors (Lipinski definition) is 0. The molecule has 0 aromatic rings. The molecule has 10 heavy (non-hydrogen) atoms. The Morgan fingerprint density at radius 3 is 1.90 bits per heavy atom. The molecular weight excluding hydrogens is 167 g/mol. The molecule has 0 radical (unpaired) electrons. The molecule has 0 aromatic heterocycles. The van der Waals surface area contributed by atoms with Gasteiger partial charge in [0.1, 0.15) is 0 Å². The maximum atomic E-state index is 10.6. The van der Waals surface area contributed by atoms with E-state index in [0.29, 0.717) is 6.42 Å². The Bertz CT molecular complexity index is 136. The molecule has 0 rings (SSSR count). The van der Waals surface area contributed by atoms with E-state index in [1.54, 1.807) is 6.92 Å². The van der Waals surface area contributed by atoms with Crippen LogP contribution in [-0.2, 0) is 4.79 Å². The van der Waals surface area contributed by atoms with Gasteiger partial charge in [-0.1, -0.05) is 0 Å². The van der Waals surface area contributed by atoms with Gasteiger partial charge in [-0.15, -0.1) is 0 Å². The number of ketones is 1. The summed E-state index contributed by atoms with van der Waals surface area (Å²) in [5.74, 6) is -1.68. The first-order valence-corrected chi connectivity index (χ1v) is 8.05. The molecular formula is C7H16ClOP. The number of carbonyl (C=O) groups is 1. The van der Waals surface area contributed by atoms with E-state index in [1.165, 1.54) is 0 Å². The molecule has 0 spiro atoms. The number of carbonyl (C=O) groups excluding carboxylic acids is 1. The molecule has 0 unspecified atom stereocenters. The number of halogens is 1. The summed E-state index contributed by atoms with van der Waals surface area (Å²) < 4.78 is 0. The van der Waals surface area contributed by atoms with Gasteiger partial charge in [-0.3, -0.25) is 0 Å². The SMILES string of the molecule is CC(=O)CCP(C)(C)(C)Cl. The minimum absolute atomic E-state index is 0.236. The Morgan fingerprint density at radius 1 is 1.40 bits per heavy atom. The molecule has 0 fully saturated rings. The summed E-state index contributed by atoms with van der Waals surface area (Å²) in [6, 6.07) is 0. The van der Waals surface area contributed by atoms with E-state index >= 15 is 0 Å². The van der Waals surface area contributed by atoms with Crippen LogP contribution < -0.4 is 0 Å². The van der Waals surface area contributed by atoms with Gasteiger partial charge in [0.25, 0.3) is 0 Å². The summed E-state index contributed by atoms with van der Waals surface area (Å²) in [5.41, 5.74) is 0. The van der Waals surface area contributed by atoms with E-state index in [9.17, 15) is 4.79 Å². The second kappa shape index (κ2) is 2.79. The molecule has 62 valence electrons. The van der Waals surface area contributed by atoms with Gasteiger partial charge >= 0.3 is 67.3 Å². The molecule has 0 atom stereocenters. The normalized spacial score (nSPS) is 15.9. The maximum absolute atomic E-state index is 10.6. The van der Waals surface area contributed by atoms with E-state index < -0.39 is 5.96 Å². The van der Waals surface area contributed by atoms with Crippen LogP contribution in [0, 0.1) is 0 Å². The molecule has 0 saturated heterocycles. The zero-order valence-corrected chi connectivity index (χ0v) is 8.80. The Labute approximate surface area is 67.9 Å². The standard InChI is InChI=1S/C7H16ClOP/c1-7(9)5-6-10(2,3,4)8/h5-6H2,1-4H3. The van der Waals surface area contributed by atoms with Crippen LogP contribution >= 0.6 is 17.2 Å². The van der Waals surface area contributed by atoms with Crippen LogP contribution in [0.5, 0.6) is 0 Å². The third-order valence-corrected chi connectivity index (χ3v) is 3.46. The van der Waals surface area contributed by atoms with Crippen molar-refractivity contribution in [1.29, 1.82) is 0 Å². The molecule has 0 aliphatic heterocycles. The van der Waals surface area contributed by atoms with E-state index in [4.69, 9.17) is 11.2 Å². The summed E-state index contributed by atoms with van der Waals surface area (Å²) in [6.45, 7) is 7.81. The molecule has 0 heterocycles. The first-order chi connectivity index (χ1) is 4.17. The summed E-state index contributed by atoms with van der Waals surface area (Å²) in [6.07, 6.45) is 1.49. The Hall–Kier alpha value is 0.390. The fraction of sp³-hybridized carbons (Fsp3) is 0.857. The first-order valence-electron chi connectivity index (χ1n) is 3.38. The van der Waals surface area contributed by atoms with Crippen LogP contribution in [0.1, 0.15) is 13.3 Å². The van der Waals surface area contributed by atoms with Crippen LogP contribution in [0.25, 0.3) is 0 Å². The fourth-order valence-corrected chi connectivity index (χ4v) is 1.86. The van der Waals surface area contributed by atoms with Crippen molar-refractivity contribution in [2.24, 2.45) is 0 Å². The minimum atomic E-state index is -1.92. The first kappa shape index (κ1) is 10.4. The van der Waals surface area contributed by atoms with Gasteiger partial charge in [-0.2, -0.15) is 0 Å². The Morgan fingerprint density at radius 2 is 1.80 bits per heavy atom. The molecule has 0 saturated carbocycles. The molecule has 0 N–H and O–H groups in total. The van der Waals surface area contributed by atoms with Crippen molar-refractivity contribution in [1.82, 2.24) is 0 Å². The molecule has 0 aromatic carbocycles. The van der Waals surface area contributed by atoms with Crippen LogP contribution in [0.3, 0.4) is 0 Å². The van der Waals surface area contributed by atoms with E-state index in [2.05, 4.69) is 20.0 Å². The quantitative estimate of drug-likeness (QED) is 0.614. The third-order valence-electron chi connectivity index (χ3n) is 1.22. The van der Waals surface area contributed by atoms with E-state index in [1.807, 2.05) is 0 Å². The average Bonchev–Trinajstić information content (AvgIpc) is 1.57. The van der Waals surface area contributed by atoms with Crippen molar-refractivity contribution >= 4 is 23.0 Å². The van der Waals surface area contributed by atoms with Crippen molar-refractivity contribution in [3.8, 4) is 0 Å². The van der Waals surface area contributed by atoms with Gasteiger partial charge in [-0.05, 0) is 0 Å². The number of Topliss-reactive ketones (excluding diaryl/α,β-unsaturated/α-hetero) is 1. The average molecular weight is 183 g/mol. The summed E-state index contributed by atoms with van der Waals surface area (Å²) in [7, 11) is 0. The predicted octanol–water partition coefficient (Wildman–Crippen LogP) is 2.56. The van der Waals surface area contributed by atoms with Crippen molar-refractivity contribution in [3.05, 3.63) is 0 Å². The Balaban J connectivity index is 3.81. The van der Waals surface area contributed by atoms with E-state index in [-0.39, 0.29) is 5.78 Å². The van der Waals surface area contributed by atoms with Crippen LogP contribution in [0.15, 0.2) is 0 Å².